The highest BCUT2D eigenvalue weighted by Crippen LogP contribution is 2.39. The molecule has 0 unspecified atom stereocenters. The van der Waals surface area contributed by atoms with Crippen LogP contribution in [0.15, 0.2) is 36.4 Å². The fraction of sp³-hybridized carbons (Fsp3) is 0.133. The van der Waals surface area contributed by atoms with Crippen LogP contribution >= 0.6 is 11.6 Å². The highest BCUT2D eigenvalue weighted by atomic mass is 35.5. The van der Waals surface area contributed by atoms with Crippen molar-refractivity contribution in [2.75, 3.05) is 7.11 Å². The number of rotatable bonds is 3. The third kappa shape index (κ3) is 3.17. The lowest BCUT2D eigenvalue weighted by molar-refractivity contribution is -0.138. The van der Waals surface area contributed by atoms with Crippen LogP contribution in [0.2, 0.25) is 5.02 Å². The Balaban J connectivity index is 2.69. The number of hydrogen-bond donors (Lipinski definition) is 1. The van der Waals surface area contributed by atoms with Crippen LogP contribution in [-0.4, -0.2) is 18.2 Å². The molecule has 0 heterocycles. The maximum Gasteiger partial charge on any atom is 0.419 e. The van der Waals surface area contributed by atoms with Crippen LogP contribution < -0.4 is 4.74 Å². The number of aromatic carboxylic acids is 1. The summed E-state index contributed by atoms with van der Waals surface area (Å²) in [5.74, 6) is -1.59. The lowest BCUT2D eigenvalue weighted by Gasteiger charge is -2.14. The van der Waals surface area contributed by atoms with Gasteiger partial charge in [-0.05, 0) is 41.5 Å². The third-order valence-electron chi connectivity index (χ3n) is 3.03. The predicted molar refractivity (Wildman–Crippen MR) is 75.4 cm³/mol. The first-order chi connectivity index (χ1) is 10.2. The van der Waals surface area contributed by atoms with Crippen molar-refractivity contribution < 1.29 is 27.8 Å². The van der Waals surface area contributed by atoms with Crippen molar-refractivity contribution in [3.63, 3.8) is 0 Å². The summed E-state index contributed by atoms with van der Waals surface area (Å²) in [5, 5.41) is 9.38. The Bertz CT molecular complexity index is 726. The molecular formula is C15H10ClF3O3. The Morgan fingerprint density at radius 1 is 1.18 bits per heavy atom. The topological polar surface area (TPSA) is 46.5 Å². The number of hydrogen-bond acceptors (Lipinski definition) is 2. The van der Waals surface area contributed by atoms with E-state index in [2.05, 4.69) is 0 Å². The molecule has 0 fully saturated rings. The van der Waals surface area contributed by atoms with E-state index in [9.17, 15) is 18.0 Å². The molecule has 2 aromatic carbocycles. The predicted octanol–water partition coefficient (Wildman–Crippen LogP) is 4.73. The summed E-state index contributed by atoms with van der Waals surface area (Å²) in [5.41, 5.74) is -0.923. The largest absolute Gasteiger partial charge is 0.496 e. The Hall–Kier alpha value is -2.21. The van der Waals surface area contributed by atoms with Gasteiger partial charge >= 0.3 is 12.1 Å². The van der Waals surface area contributed by atoms with Crippen molar-refractivity contribution in [3.8, 4) is 16.9 Å². The number of benzene rings is 2. The van der Waals surface area contributed by atoms with E-state index in [-0.39, 0.29) is 27.5 Å². The second kappa shape index (κ2) is 5.88. The fourth-order valence-electron chi connectivity index (χ4n) is 2.04. The van der Waals surface area contributed by atoms with Crippen LogP contribution in [0, 0.1) is 0 Å². The monoisotopic (exact) mass is 330 g/mol. The van der Waals surface area contributed by atoms with Crippen LogP contribution in [0.3, 0.4) is 0 Å². The second-order valence-electron chi connectivity index (χ2n) is 4.41. The van der Waals surface area contributed by atoms with Crippen LogP contribution in [0.1, 0.15) is 15.9 Å². The zero-order chi connectivity index (χ0) is 16.5. The first-order valence-electron chi connectivity index (χ1n) is 6.02. The Labute approximate surface area is 128 Å². The third-order valence-corrected chi connectivity index (χ3v) is 3.26. The highest BCUT2D eigenvalue weighted by Gasteiger charge is 2.34. The van der Waals surface area contributed by atoms with E-state index in [0.717, 1.165) is 19.2 Å². The SMILES string of the molecule is COc1ccc(-c2cc(Cl)ccc2C(=O)O)cc1C(F)(F)F. The number of methoxy groups -OCH3 is 1. The summed E-state index contributed by atoms with van der Waals surface area (Å²) in [6.07, 6.45) is -4.62. The van der Waals surface area contributed by atoms with Gasteiger partial charge in [-0.1, -0.05) is 17.7 Å². The standard InChI is InChI=1S/C15H10ClF3O3/c1-22-13-5-2-8(6-12(13)15(17,18)19)11-7-9(16)3-4-10(11)14(20)21/h2-7H,1H3,(H,20,21). The minimum atomic E-state index is -4.62. The zero-order valence-corrected chi connectivity index (χ0v) is 12.0. The van der Waals surface area contributed by atoms with Crippen molar-refractivity contribution in [1.29, 1.82) is 0 Å². The average Bonchev–Trinajstić information content (AvgIpc) is 2.45. The molecule has 0 saturated carbocycles. The first kappa shape index (κ1) is 16.2. The molecule has 2 rings (SSSR count). The van der Waals surface area contributed by atoms with Crippen molar-refractivity contribution in [3.05, 3.63) is 52.5 Å². The second-order valence-corrected chi connectivity index (χ2v) is 4.84. The van der Waals surface area contributed by atoms with Crippen molar-refractivity contribution in [1.82, 2.24) is 0 Å². The molecule has 0 bridgehead atoms. The normalized spacial score (nSPS) is 11.3. The molecule has 0 amide bonds. The van der Waals surface area contributed by atoms with Gasteiger partial charge < -0.3 is 9.84 Å². The quantitative estimate of drug-likeness (QED) is 0.884. The smallest absolute Gasteiger partial charge is 0.419 e. The van der Waals surface area contributed by atoms with Gasteiger partial charge in [0.15, 0.2) is 0 Å². The van der Waals surface area contributed by atoms with Gasteiger partial charge in [0.1, 0.15) is 5.75 Å². The van der Waals surface area contributed by atoms with Gasteiger partial charge in [0.2, 0.25) is 0 Å². The summed E-state index contributed by atoms with van der Waals surface area (Å²) in [6.45, 7) is 0. The Morgan fingerprint density at radius 2 is 1.86 bits per heavy atom. The van der Waals surface area contributed by atoms with Crippen molar-refractivity contribution in [2.45, 2.75) is 6.18 Å². The molecule has 2 aromatic rings. The lowest BCUT2D eigenvalue weighted by Crippen LogP contribution is -2.08. The molecule has 0 aliphatic carbocycles. The summed E-state index contributed by atoms with van der Waals surface area (Å²) < 4.78 is 43.8. The van der Waals surface area contributed by atoms with Crippen LogP contribution in [-0.2, 0) is 6.18 Å². The number of halogens is 4. The first-order valence-corrected chi connectivity index (χ1v) is 6.40. The molecule has 0 saturated heterocycles. The van der Waals surface area contributed by atoms with Crippen molar-refractivity contribution in [2.24, 2.45) is 0 Å². The van der Waals surface area contributed by atoms with Gasteiger partial charge in [0.05, 0.1) is 18.2 Å². The molecule has 3 nitrogen and oxygen atoms in total. The molecule has 22 heavy (non-hydrogen) atoms. The van der Waals surface area contributed by atoms with Gasteiger partial charge in [-0.25, -0.2) is 4.79 Å². The van der Waals surface area contributed by atoms with Gasteiger partial charge in [0.25, 0.3) is 0 Å². The Morgan fingerprint density at radius 3 is 2.41 bits per heavy atom. The number of carbonyl (C=O) groups is 1. The Kier molecular flexibility index (Phi) is 4.32. The van der Waals surface area contributed by atoms with Gasteiger partial charge in [-0.2, -0.15) is 13.2 Å². The average molecular weight is 331 g/mol. The number of alkyl halides is 3. The minimum Gasteiger partial charge on any atom is -0.496 e. The summed E-state index contributed by atoms with van der Waals surface area (Å²) >= 11 is 5.82. The molecule has 7 heteroatoms. The van der Waals surface area contributed by atoms with E-state index >= 15 is 0 Å². The molecule has 0 spiro atoms. The molecular weight excluding hydrogens is 321 g/mol. The maximum atomic E-state index is 13.0. The van der Waals surface area contributed by atoms with E-state index in [1.165, 1.54) is 24.3 Å². The molecule has 0 aromatic heterocycles. The van der Waals surface area contributed by atoms with E-state index in [0.29, 0.717) is 0 Å². The lowest BCUT2D eigenvalue weighted by atomic mass is 9.97. The van der Waals surface area contributed by atoms with Crippen LogP contribution in [0.4, 0.5) is 13.2 Å². The molecule has 0 aliphatic rings. The van der Waals surface area contributed by atoms with Gasteiger partial charge in [0, 0.05) is 5.02 Å². The summed E-state index contributed by atoms with van der Waals surface area (Å²) in [4.78, 5) is 11.2. The maximum absolute atomic E-state index is 13.0. The number of ether oxygens (including phenoxy) is 1. The fourth-order valence-corrected chi connectivity index (χ4v) is 2.21. The van der Waals surface area contributed by atoms with Crippen LogP contribution in [0.5, 0.6) is 5.75 Å². The number of carboxylic acid groups (broad SMARTS) is 1. The van der Waals surface area contributed by atoms with E-state index in [1.54, 1.807) is 0 Å². The van der Waals surface area contributed by atoms with Crippen molar-refractivity contribution >= 4 is 17.6 Å². The molecule has 0 radical (unpaired) electrons. The van der Waals surface area contributed by atoms with E-state index in [1.807, 2.05) is 0 Å². The zero-order valence-electron chi connectivity index (χ0n) is 11.2. The summed E-state index contributed by atoms with van der Waals surface area (Å²) in [7, 11) is 1.13. The van der Waals surface area contributed by atoms with Gasteiger partial charge in [-0.3, -0.25) is 0 Å². The molecule has 0 aliphatic heterocycles. The molecule has 1 N–H and O–H groups in total. The highest BCUT2D eigenvalue weighted by molar-refractivity contribution is 6.31. The molecule has 116 valence electrons. The summed E-state index contributed by atoms with van der Waals surface area (Å²) in [6, 6.07) is 7.26. The minimum absolute atomic E-state index is 0.0908. The van der Waals surface area contributed by atoms with Gasteiger partial charge in [-0.15, -0.1) is 0 Å². The van der Waals surface area contributed by atoms with E-state index < -0.39 is 17.7 Å². The van der Waals surface area contributed by atoms with E-state index in [4.69, 9.17) is 21.4 Å². The van der Waals surface area contributed by atoms with Crippen LogP contribution in [0.25, 0.3) is 11.1 Å². The molecule has 0 atom stereocenters. The number of carboxylic acids is 1.